The first kappa shape index (κ1) is 12.4. The topological polar surface area (TPSA) is 74.7 Å². The van der Waals surface area contributed by atoms with Crippen molar-refractivity contribution >= 4 is 22.7 Å². The largest absolute Gasteiger partial charge is 0.398 e. The van der Waals surface area contributed by atoms with Crippen LogP contribution in [0.2, 0.25) is 0 Å². The van der Waals surface area contributed by atoms with Crippen molar-refractivity contribution < 1.29 is 0 Å². The second kappa shape index (κ2) is 5.52. The van der Waals surface area contributed by atoms with Crippen molar-refractivity contribution in [3.05, 3.63) is 39.8 Å². The molecule has 0 radical (unpaired) electrons. The number of thiazole rings is 1. The summed E-state index contributed by atoms with van der Waals surface area (Å²) in [6, 6.07) is 7.46. The maximum atomic E-state index is 8.88. The van der Waals surface area contributed by atoms with Crippen LogP contribution in [0.15, 0.2) is 23.6 Å². The van der Waals surface area contributed by atoms with E-state index in [1.165, 1.54) is 0 Å². The van der Waals surface area contributed by atoms with Crippen LogP contribution in [0.25, 0.3) is 0 Å². The van der Waals surface area contributed by atoms with E-state index in [1.807, 2.05) is 18.4 Å². The number of anilines is 2. The normalized spacial score (nSPS) is 10.0. The third kappa shape index (κ3) is 2.99. The Bertz CT molecular complexity index is 583. The van der Waals surface area contributed by atoms with Gasteiger partial charge in [0.1, 0.15) is 6.07 Å². The summed E-state index contributed by atoms with van der Waals surface area (Å²) in [5.41, 5.74) is 8.66. The zero-order valence-electron chi connectivity index (χ0n) is 10.1. The molecule has 1 aromatic carbocycles. The van der Waals surface area contributed by atoms with E-state index >= 15 is 0 Å². The SMILES string of the molecule is Cc1csc(CCNc2ccc(N)c(C#N)c2)n1. The van der Waals surface area contributed by atoms with Gasteiger partial charge in [-0.15, -0.1) is 11.3 Å². The van der Waals surface area contributed by atoms with Gasteiger partial charge in [-0.2, -0.15) is 5.26 Å². The number of nitrogens with two attached hydrogens (primary N) is 1. The molecule has 0 aliphatic rings. The number of nitriles is 1. The first-order chi connectivity index (χ1) is 8.69. The van der Waals surface area contributed by atoms with Crippen molar-refractivity contribution in [2.45, 2.75) is 13.3 Å². The predicted octanol–water partition coefficient (Wildman–Crippen LogP) is 2.56. The van der Waals surface area contributed by atoms with Crippen LogP contribution in [0.3, 0.4) is 0 Å². The van der Waals surface area contributed by atoms with Crippen molar-refractivity contribution in [2.75, 3.05) is 17.6 Å². The van der Waals surface area contributed by atoms with Crippen LogP contribution in [-0.2, 0) is 6.42 Å². The average molecular weight is 258 g/mol. The molecule has 1 aromatic heterocycles. The van der Waals surface area contributed by atoms with Crippen molar-refractivity contribution in [3.8, 4) is 6.07 Å². The second-order valence-corrected chi connectivity index (χ2v) is 4.92. The molecule has 5 heteroatoms. The lowest BCUT2D eigenvalue weighted by atomic mass is 10.2. The van der Waals surface area contributed by atoms with Gasteiger partial charge < -0.3 is 11.1 Å². The zero-order valence-corrected chi connectivity index (χ0v) is 10.9. The number of hydrogen-bond donors (Lipinski definition) is 2. The Kier molecular flexibility index (Phi) is 3.80. The van der Waals surface area contributed by atoms with E-state index in [1.54, 1.807) is 23.5 Å². The molecule has 2 rings (SSSR count). The highest BCUT2D eigenvalue weighted by Gasteiger charge is 2.01. The summed E-state index contributed by atoms with van der Waals surface area (Å²) in [6.07, 6.45) is 0.880. The lowest BCUT2D eigenvalue weighted by molar-refractivity contribution is 0.987. The summed E-state index contributed by atoms with van der Waals surface area (Å²) in [5.74, 6) is 0. The van der Waals surface area contributed by atoms with Gasteiger partial charge in [-0.1, -0.05) is 0 Å². The molecule has 92 valence electrons. The van der Waals surface area contributed by atoms with E-state index in [9.17, 15) is 0 Å². The molecule has 2 aromatic rings. The number of hydrogen-bond acceptors (Lipinski definition) is 5. The van der Waals surface area contributed by atoms with Gasteiger partial charge in [0.2, 0.25) is 0 Å². The van der Waals surface area contributed by atoms with Crippen LogP contribution in [0, 0.1) is 18.3 Å². The molecule has 0 aliphatic heterocycles. The molecule has 18 heavy (non-hydrogen) atoms. The van der Waals surface area contributed by atoms with Crippen LogP contribution in [0.5, 0.6) is 0 Å². The van der Waals surface area contributed by atoms with Gasteiger partial charge in [0.05, 0.1) is 10.6 Å². The van der Waals surface area contributed by atoms with Gasteiger partial charge in [0.15, 0.2) is 0 Å². The maximum Gasteiger partial charge on any atom is 0.101 e. The first-order valence-electron chi connectivity index (χ1n) is 5.63. The van der Waals surface area contributed by atoms with Crippen molar-refractivity contribution in [3.63, 3.8) is 0 Å². The fraction of sp³-hybridized carbons (Fsp3) is 0.231. The van der Waals surface area contributed by atoms with Crippen molar-refractivity contribution in [1.82, 2.24) is 4.98 Å². The molecule has 0 bridgehead atoms. The molecular formula is C13H14N4S. The number of nitrogen functional groups attached to an aromatic ring is 1. The van der Waals surface area contributed by atoms with Crippen LogP contribution in [0.4, 0.5) is 11.4 Å². The smallest absolute Gasteiger partial charge is 0.101 e. The summed E-state index contributed by atoms with van der Waals surface area (Å²) >= 11 is 1.67. The third-order valence-electron chi connectivity index (χ3n) is 2.51. The summed E-state index contributed by atoms with van der Waals surface area (Å²) in [7, 11) is 0. The minimum atomic E-state index is 0.505. The molecule has 0 unspecified atom stereocenters. The molecule has 0 spiro atoms. The van der Waals surface area contributed by atoms with Gasteiger partial charge in [-0.05, 0) is 25.1 Å². The summed E-state index contributed by atoms with van der Waals surface area (Å²) in [5, 5.41) is 15.3. The van der Waals surface area contributed by atoms with Crippen LogP contribution in [-0.4, -0.2) is 11.5 Å². The minimum absolute atomic E-state index is 0.505. The summed E-state index contributed by atoms with van der Waals surface area (Å²) < 4.78 is 0. The number of nitrogens with zero attached hydrogens (tertiary/aromatic N) is 2. The standard InChI is InChI=1S/C13H14N4S/c1-9-8-18-13(17-9)4-5-16-11-2-3-12(15)10(6-11)7-14/h2-3,6,8,16H,4-5,15H2,1H3. The number of nitrogens with one attached hydrogen (secondary N) is 1. The number of aromatic nitrogens is 1. The second-order valence-electron chi connectivity index (χ2n) is 3.97. The first-order valence-corrected chi connectivity index (χ1v) is 6.51. The van der Waals surface area contributed by atoms with E-state index in [0.29, 0.717) is 11.3 Å². The number of aryl methyl sites for hydroxylation is 1. The van der Waals surface area contributed by atoms with E-state index in [2.05, 4.69) is 16.4 Å². The molecule has 3 N–H and O–H groups in total. The Morgan fingerprint density at radius 3 is 3.00 bits per heavy atom. The predicted molar refractivity (Wildman–Crippen MR) is 74.6 cm³/mol. The van der Waals surface area contributed by atoms with E-state index in [0.717, 1.165) is 29.4 Å². The van der Waals surface area contributed by atoms with Gasteiger partial charge in [-0.3, -0.25) is 0 Å². The Labute approximate surface area is 110 Å². The van der Waals surface area contributed by atoms with Crippen molar-refractivity contribution in [2.24, 2.45) is 0 Å². The van der Waals surface area contributed by atoms with E-state index in [4.69, 9.17) is 11.0 Å². The third-order valence-corrected chi connectivity index (χ3v) is 3.53. The highest BCUT2D eigenvalue weighted by molar-refractivity contribution is 7.09. The van der Waals surface area contributed by atoms with Crippen LogP contribution < -0.4 is 11.1 Å². The lowest BCUT2D eigenvalue weighted by Crippen LogP contribution is -2.05. The monoisotopic (exact) mass is 258 g/mol. The quantitative estimate of drug-likeness (QED) is 0.826. The highest BCUT2D eigenvalue weighted by atomic mass is 32.1. The van der Waals surface area contributed by atoms with Crippen molar-refractivity contribution in [1.29, 1.82) is 5.26 Å². The fourth-order valence-electron chi connectivity index (χ4n) is 1.59. The fourth-order valence-corrected chi connectivity index (χ4v) is 2.37. The Hall–Kier alpha value is -2.06. The summed E-state index contributed by atoms with van der Waals surface area (Å²) in [6.45, 7) is 2.79. The minimum Gasteiger partial charge on any atom is -0.398 e. The Morgan fingerprint density at radius 2 is 2.33 bits per heavy atom. The molecule has 0 saturated heterocycles. The average Bonchev–Trinajstić information content (AvgIpc) is 2.77. The van der Waals surface area contributed by atoms with Gasteiger partial charge >= 0.3 is 0 Å². The zero-order chi connectivity index (χ0) is 13.0. The molecular weight excluding hydrogens is 244 g/mol. The number of benzene rings is 1. The van der Waals surface area contributed by atoms with Gasteiger partial charge in [0, 0.05) is 35.4 Å². The molecule has 0 amide bonds. The van der Waals surface area contributed by atoms with E-state index < -0.39 is 0 Å². The maximum absolute atomic E-state index is 8.88. The molecule has 4 nitrogen and oxygen atoms in total. The molecule has 0 saturated carbocycles. The van der Waals surface area contributed by atoms with Gasteiger partial charge in [0.25, 0.3) is 0 Å². The number of rotatable bonds is 4. The van der Waals surface area contributed by atoms with Crippen LogP contribution >= 0.6 is 11.3 Å². The van der Waals surface area contributed by atoms with Crippen LogP contribution in [0.1, 0.15) is 16.3 Å². The molecule has 0 aliphatic carbocycles. The summed E-state index contributed by atoms with van der Waals surface area (Å²) in [4.78, 5) is 4.40. The molecule has 0 atom stereocenters. The molecule has 0 fully saturated rings. The highest BCUT2D eigenvalue weighted by Crippen LogP contribution is 2.17. The Balaban J connectivity index is 1.93. The van der Waals surface area contributed by atoms with E-state index in [-0.39, 0.29) is 0 Å². The van der Waals surface area contributed by atoms with Gasteiger partial charge in [-0.25, -0.2) is 4.98 Å². The molecule has 1 heterocycles. The lowest BCUT2D eigenvalue weighted by Gasteiger charge is -2.06. The Morgan fingerprint density at radius 1 is 1.50 bits per heavy atom.